The number of likely N-dealkylation sites (tertiary alicyclic amines) is 1. The van der Waals surface area contributed by atoms with E-state index in [1.807, 2.05) is 12.1 Å². The number of benzene rings is 1. The van der Waals surface area contributed by atoms with E-state index < -0.39 is 60.3 Å². The minimum absolute atomic E-state index is 0.127. The second-order valence-electron chi connectivity index (χ2n) is 10.3. The lowest BCUT2D eigenvalue weighted by molar-refractivity contribution is -0.271. The predicted molar refractivity (Wildman–Crippen MR) is 120 cm³/mol. The van der Waals surface area contributed by atoms with Gasteiger partial charge in [0.05, 0.1) is 0 Å². The van der Waals surface area contributed by atoms with Crippen LogP contribution in [0.4, 0.5) is 0 Å². The second-order valence-corrected chi connectivity index (χ2v) is 10.3. The van der Waals surface area contributed by atoms with Gasteiger partial charge in [-0.3, -0.25) is 4.79 Å². The van der Waals surface area contributed by atoms with Gasteiger partial charge in [0.1, 0.15) is 24.4 Å². The van der Waals surface area contributed by atoms with Gasteiger partial charge in [0.15, 0.2) is 23.7 Å². The van der Waals surface area contributed by atoms with Gasteiger partial charge in [-0.1, -0.05) is 12.1 Å². The molecule has 11 heteroatoms. The molecule has 2 fully saturated rings. The topological polar surface area (TPSA) is 155 Å². The summed E-state index contributed by atoms with van der Waals surface area (Å²) in [4.78, 5) is 25.8. The highest BCUT2D eigenvalue weighted by molar-refractivity contribution is 5.73. The molecule has 4 N–H and O–H groups in total. The van der Waals surface area contributed by atoms with Gasteiger partial charge in [0.25, 0.3) is 0 Å². The number of aliphatic hydroxyl groups is 3. The van der Waals surface area contributed by atoms with Crippen LogP contribution < -0.4 is 9.47 Å². The number of aliphatic carboxylic acids is 1. The maximum absolute atomic E-state index is 11.9. The van der Waals surface area contributed by atoms with E-state index in [2.05, 4.69) is 18.0 Å². The van der Waals surface area contributed by atoms with Crippen molar-refractivity contribution in [2.24, 2.45) is 5.92 Å². The molecule has 0 amide bonds. The highest BCUT2D eigenvalue weighted by Crippen LogP contribution is 2.62. The van der Waals surface area contributed by atoms with E-state index in [0.29, 0.717) is 5.75 Å². The Bertz CT molecular complexity index is 1140. The molecule has 5 aliphatic rings. The predicted octanol–water partition coefficient (Wildman–Crippen LogP) is -0.666. The van der Waals surface area contributed by atoms with Gasteiger partial charge in [0, 0.05) is 29.9 Å². The van der Waals surface area contributed by atoms with Gasteiger partial charge in [-0.05, 0) is 44.1 Å². The lowest BCUT2D eigenvalue weighted by atomic mass is 9.53. The Kier molecular flexibility index (Phi) is 5.36. The van der Waals surface area contributed by atoms with Crippen molar-refractivity contribution in [2.45, 2.75) is 74.1 Å². The van der Waals surface area contributed by atoms with Crippen LogP contribution in [0.25, 0.3) is 0 Å². The Morgan fingerprint density at radius 1 is 1.14 bits per heavy atom. The SMILES string of the molecule is CC(=O)O[C@H]1C=C[C@H]2[C@H]3Cc4ccc(O[C@@H]5O[C@H](C(=O)O)[C@@H](O)[C@H](O)[C@H]5O)c5c4[C@@]2(CCN3C)[C@H]1O5. The summed E-state index contributed by atoms with van der Waals surface area (Å²) in [5.74, 6) is -1.13. The normalized spacial score (nSPS) is 42.3. The lowest BCUT2D eigenvalue weighted by Crippen LogP contribution is -2.65. The van der Waals surface area contributed by atoms with Crippen LogP contribution >= 0.6 is 0 Å². The molecule has 1 spiro atoms. The van der Waals surface area contributed by atoms with Crippen molar-refractivity contribution in [2.75, 3.05) is 13.6 Å². The van der Waals surface area contributed by atoms with E-state index in [1.165, 1.54) is 6.92 Å². The van der Waals surface area contributed by atoms with E-state index in [1.54, 1.807) is 6.07 Å². The minimum atomic E-state index is -1.82. The largest absolute Gasteiger partial charge is 0.481 e. The summed E-state index contributed by atoms with van der Waals surface area (Å²) in [7, 11) is 2.11. The van der Waals surface area contributed by atoms with E-state index in [4.69, 9.17) is 18.9 Å². The quantitative estimate of drug-likeness (QED) is 0.306. The first kappa shape index (κ1) is 23.7. The highest BCUT2D eigenvalue weighted by Gasteiger charge is 2.65. The van der Waals surface area contributed by atoms with Crippen molar-refractivity contribution in [3.05, 3.63) is 35.4 Å². The standard InChI is InChI=1S/C25H29NO10/c1-10(27)33-15-6-4-12-13-9-11-3-5-14(20-16(11)25(12,22(15)35-20)7-8-26(13)2)34-24-19(30)17(28)18(29)21(36-24)23(31)32/h3-6,12-13,15,17-19,21-22,24,28-30H,7-9H2,1-2H3,(H,31,32)/t12-,13+,15-,17-,18-,19+,21-,22-,24+,25-/m0/s1. The first-order valence-corrected chi connectivity index (χ1v) is 12.1. The first-order valence-electron chi connectivity index (χ1n) is 12.1. The van der Waals surface area contributed by atoms with Crippen molar-refractivity contribution in [3.63, 3.8) is 0 Å². The molecule has 2 aliphatic carbocycles. The number of carbonyl (C=O) groups is 2. The number of carboxylic acid groups (broad SMARTS) is 1. The number of rotatable bonds is 4. The fourth-order valence-corrected chi connectivity index (χ4v) is 6.87. The minimum Gasteiger partial charge on any atom is -0.481 e. The highest BCUT2D eigenvalue weighted by atomic mass is 16.7. The van der Waals surface area contributed by atoms with Crippen molar-refractivity contribution in [1.82, 2.24) is 4.90 Å². The Morgan fingerprint density at radius 2 is 1.92 bits per heavy atom. The molecule has 2 bridgehead atoms. The molecule has 194 valence electrons. The second kappa shape index (κ2) is 8.15. The van der Waals surface area contributed by atoms with Gasteiger partial charge in [-0.2, -0.15) is 0 Å². The summed E-state index contributed by atoms with van der Waals surface area (Å²) in [5, 5.41) is 40.1. The number of carboxylic acids is 1. The number of aliphatic hydroxyl groups excluding tert-OH is 3. The molecule has 3 aliphatic heterocycles. The number of hydrogen-bond donors (Lipinski definition) is 4. The van der Waals surface area contributed by atoms with Gasteiger partial charge in [-0.15, -0.1) is 0 Å². The van der Waals surface area contributed by atoms with E-state index >= 15 is 0 Å². The number of piperidine rings is 1. The monoisotopic (exact) mass is 503 g/mol. The Labute approximate surface area is 206 Å². The number of nitrogens with zero attached hydrogens (tertiary/aromatic N) is 1. The Morgan fingerprint density at radius 3 is 2.64 bits per heavy atom. The third-order valence-corrected chi connectivity index (χ3v) is 8.47. The number of ether oxygens (including phenoxy) is 4. The average Bonchev–Trinajstić information content (AvgIpc) is 3.18. The number of likely N-dealkylation sites (N-methyl/N-ethyl adjacent to an activating group) is 1. The molecule has 11 nitrogen and oxygen atoms in total. The molecule has 1 aromatic carbocycles. The summed E-state index contributed by atoms with van der Waals surface area (Å²) in [6.07, 6.45) is -4.14. The number of hydrogen-bond acceptors (Lipinski definition) is 10. The molecule has 0 aromatic heterocycles. The summed E-state index contributed by atoms with van der Waals surface area (Å²) in [6.45, 7) is 2.19. The molecule has 0 saturated carbocycles. The molecular formula is C25H29NO10. The average molecular weight is 504 g/mol. The van der Waals surface area contributed by atoms with Crippen molar-refractivity contribution in [1.29, 1.82) is 0 Å². The van der Waals surface area contributed by atoms with Gasteiger partial charge < -0.3 is 44.3 Å². The van der Waals surface area contributed by atoms with Crippen LogP contribution in [-0.4, -0.2) is 99.8 Å². The Balaban J connectivity index is 1.41. The third-order valence-electron chi connectivity index (χ3n) is 8.47. The van der Waals surface area contributed by atoms with Crippen molar-refractivity contribution in [3.8, 4) is 11.5 Å². The van der Waals surface area contributed by atoms with E-state index in [-0.39, 0.29) is 17.7 Å². The van der Waals surface area contributed by atoms with E-state index in [9.17, 15) is 30.0 Å². The van der Waals surface area contributed by atoms with Crippen molar-refractivity contribution < 1.29 is 49.0 Å². The number of carbonyl (C=O) groups excluding carboxylic acids is 1. The molecule has 1 aromatic rings. The summed E-state index contributed by atoms with van der Waals surface area (Å²) in [6, 6.07) is 3.86. The molecule has 10 atom stereocenters. The first-order chi connectivity index (χ1) is 17.1. The van der Waals surface area contributed by atoms with Crippen molar-refractivity contribution >= 4 is 11.9 Å². The zero-order chi connectivity index (χ0) is 25.5. The van der Waals surface area contributed by atoms with Crippen LogP contribution in [0.3, 0.4) is 0 Å². The summed E-state index contributed by atoms with van der Waals surface area (Å²) >= 11 is 0. The van der Waals surface area contributed by atoms with Crippen LogP contribution in [0.15, 0.2) is 24.3 Å². The van der Waals surface area contributed by atoms with Gasteiger partial charge in [0.2, 0.25) is 6.29 Å². The number of esters is 1. The fraction of sp³-hybridized carbons (Fsp3) is 0.600. The summed E-state index contributed by atoms with van der Waals surface area (Å²) < 4.78 is 23.4. The molecule has 2 saturated heterocycles. The lowest BCUT2D eigenvalue weighted by Gasteiger charge is -2.56. The van der Waals surface area contributed by atoms with Crippen LogP contribution in [0, 0.1) is 5.92 Å². The molecule has 36 heavy (non-hydrogen) atoms. The molecule has 0 radical (unpaired) electrons. The molecule has 6 rings (SSSR count). The van der Waals surface area contributed by atoms with Gasteiger partial charge in [-0.25, -0.2) is 4.79 Å². The van der Waals surface area contributed by atoms with Crippen LogP contribution in [-0.2, 0) is 30.9 Å². The Hall–Kier alpha value is -2.70. The zero-order valence-corrected chi connectivity index (χ0v) is 19.8. The summed E-state index contributed by atoms with van der Waals surface area (Å²) in [5.41, 5.74) is 1.62. The fourth-order valence-electron chi connectivity index (χ4n) is 6.87. The molecule has 3 heterocycles. The maximum atomic E-state index is 11.9. The molecular weight excluding hydrogens is 474 g/mol. The third kappa shape index (κ3) is 3.16. The zero-order valence-electron chi connectivity index (χ0n) is 19.8. The smallest absolute Gasteiger partial charge is 0.335 e. The molecule has 0 unspecified atom stereocenters. The van der Waals surface area contributed by atoms with Gasteiger partial charge >= 0.3 is 11.9 Å². The van der Waals surface area contributed by atoms with Crippen LogP contribution in [0.5, 0.6) is 11.5 Å². The van der Waals surface area contributed by atoms with Crippen LogP contribution in [0.1, 0.15) is 24.5 Å². The van der Waals surface area contributed by atoms with E-state index in [0.717, 1.165) is 30.5 Å². The van der Waals surface area contributed by atoms with Crippen LogP contribution in [0.2, 0.25) is 0 Å². The maximum Gasteiger partial charge on any atom is 0.335 e.